The summed E-state index contributed by atoms with van der Waals surface area (Å²) in [6, 6.07) is 5.87. The van der Waals surface area contributed by atoms with E-state index in [-0.39, 0.29) is 6.10 Å². The normalized spacial score (nSPS) is 17.3. The van der Waals surface area contributed by atoms with Gasteiger partial charge in [0, 0.05) is 18.0 Å². The van der Waals surface area contributed by atoms with Gasteiger partial charge in [-0.05, 0) is 56.4 Å². The number of fused-ring (bicyclic) bond motifs is 1. The summed E-state index contributed by atoms with van der Waals surface area (Å²) in [6.07, 6.45) is 2.39. The van der Waals surface area contributed by atoms with Crippen LogP contribution in [0.25, 0.3) is 0 Å². The summed E-state index contributed by atoms with van der Waals surface area (Å²) in [6.45, 7) is 9.83. The van der Waals surface area contributed by atoms with Gasteiger partial charge in [0.1, 0.15) is 11.9 Å². The molecule has 4 heteroatoms. The summed E-state index contributed by atoms with van der Waals surface area (Å²) in [5.74, 6) is 0.990. The van der Waals surface area contributed by atoms with Gasteiger partial charge < -0.3 is 15.0 Å². The minimum Gasteiger partial charge on any atom is -0.488 e. The number of ether oxygens (including phenoxy) is 1. The topological polar surface area (TPSA) is 24.5 Å². The zero-order valence-electron chi connectivity index (χ0n) is 12.5. The Morgan fingerprint density at radius 1 is 1.35 bits per heavy atom. The van der Waals surface area contributed by atoms with Gasteiger partial charge in [-0.25, -0.2) is 0 Å². The third-order valence-corrected chi connectivity index (χ3v) is 4.09. The first-order chi connectivity index (χ1) is 9.72. The van der Waals surface area contributed by atoms with Crippen LogP contribution >= 0.6 is 11.6 Å². The van der Waals surface area contributed by atoms with Gasteiger partial charge in [-0.1, -0.05) is 25.4 Å². The molecular weight excluding hydrogens is 272 g/mol. The third kappa shape index (κ3) is 4.37. The quantitative estimate of drug-likeness (QED) is 0.747. The van der Waals surface area contributed by atoms with Crippen molar-refractivity contribution >= 4 is 11.6 Å². The molecule has 0 saturated heterocycles. The summed E-state index contributed by atoms with van der Waals surface area (Å²) in [7, 11) is 0. The van der Waals surface area contributed by atoms with Gasteiger partial charge in [0.05, 0.1) is 0 Å². The molecule has 1 N–H and O–H groups in total. The van der Waals surface area contributed by atoms with Crippen molar-refractivity contribution in [2.24, 2.45) is 0 Å². The lowest BCUT2D eigenvalue weighted by Crippen LogP contribution is -2.32. The minimum absolute atomic E-state index is 0.247. The Morgan fingerprint density at radius 2 is 2.15 bits per heavy atom. The fourth-order valence-corrected chi connectivity index (χ4v) is 2.83. The Morgan fingerprint density at radius 3 is 2.90 bits per heavy atom. The Hall–Kier alpha value is -0.770. The van der Waals surface area contributed by atoms with E-state index in [0.29, 0.717) is 0 Å². The third-order valence-electron chi connectivity index (χ3n) is 3.86. The van der Waals surface area contributed by atoms with Crippen LogP contribution in [0.5, 0.6) is 5.75 Å². The molecule has 20 heavy (non-hydrogen) atoms. The van der Waals surface area contributed by atoms with Gasteiger partial charge in [0.2, 0.25) is 0 Å². The average molecular weight is 297 g/mol. The lowest BCUT2D eigenvalue weighted by molar-refractivity contribution is 0.225. The summed E-state index contributed by atoms with van der Waals surface area (Å²) in [5, 5.41) is 4.29. The van der Waals surface area contributed by atoms with Crippen LogP contribution in [-0.4, -0.2) is 43.7 Å². The highest BCUT2D eigenvalue weighted by molar-refractivity contribution is 6.30. The number of nitrogens with zero attached hydrogens (tertiary/aromatic N) is 1. The largest absolute Gasteiger partial charge is 0.488 e. The van der Waals surface area contributed by atoms with E-state index in [1.54, 1.807) is 0 Å². The highest BCUT2D eigenvalue weighted by atomic mass is 35.5. The standard InChI is InChI=1S/C16H25ClN2O/c1-3-19(4-2)9-5-8-18-12-15-11-13-10-14(17)6-7-16(13)20-15/h6-7,10,15,18H,3-5,8-9,11-12H2,1-2H3. The van der Waals surface area contributed by atoms with Crippen LogP contribution in [0.2, 0.25) is 5.02 Å². The predicted octanol–water partition coefficient (Wildman–Crippen LogP) is 2.97. The number of benzene rings is 1. The van der Waals surface area contributed by atoms with E-state index in [4.69, 9.17) is 16.3 Å². The van der Waals surface area contributed by atoms with Crippen molar-refractivity contribution in [3.63, 3.8) is 0 Å². The maximum absolute atomic E-state index is 6.00. The first-order valence-corrected chi connectivity index (χ1v) is 7.98. The van der Waals surface area contributed by atoms with Crippen LogP contribution in [0.1, 0.15) is 25.8 Å². The van der Waals surface area contributed by atoms with Crippen LogP contribution in [-0.2, 0) is 6.42 Å². The molecule has 1 aromatic rings. The van der Waals surface area contributed by atoms with E-state index < -0.39 is 0 Å². The van der Waals surface area contributed by atoms with Crippen molar-refractivity contribution in [1.29, 1.82) is 0 Å². The minimum atomic E-state index is 0.247. The molecule has 0 radical (unpaired) electrons. The molecule has 1 unspecified atom stereocenters. The van der Waals surface area contributed by atoms with Crippen molar-refractivity contribution in [2.75, 3.05) is 32.7 Å². The van der Waals surface area contributed by atoms with Crippen LogP contribution in [0.3, 0.4) is 0 Å². The van der Waals surface area contributed by atoms with E-state index in [9.17, 15) is 0 Å². The van der Waals surface area contributed by atoms with Gasteiger partial charge in [-0.2, -0.15) is 0 Å². The summed E-state index contributed by atoms with van der Waals surface area (Å²) >= 11 is 6.00. The monoisotopic (exact) mass is 296 g/mol. The maximum atomic E-state index is 6.00. The molecule has 0 fully saturated rings. The molecule has 1 heterocycles. The molecular formula is C16H25ClN2O. The lowest BCUT2D eigenvalue weighted by Gasteiger charge is -2.18. The summed E-state index contributed by atoms with van der Waals surface area (Å²) in [5.41, 5.74) is 1.23. The Balaban J connectivity index is 1.63. The number of halogens is 1. The molecule has 0 saturated carbocycles. The van der Waals surface area contributed by atoms with Crippen molar-refractivity contribution < 1.29 is 4.74 Å². The molecule has 2 rings (SSSR count). The zero-order valence-corrected chi connectivity index (χ0v) is 13.2. The number of rotatable bonds is 8. The second kappa shape index (κ2) is 7.87. The molecule has 1 aromatic carbocycles. The number of nitrogens with one attached hydrogen (secondary N) is 1. The van der Waals surface area contributed by atoms with E-state index in [2.05, 4.69) is 24.1 Å². The Bertz CT molecular complexity index is 421. The van der Waals surface area contributed by atoms with E-state index in [1.165, 1.54) is 18.5 Å². The summed E-state index contributed by atoms with van der Waals surface area (Å²) < 4.78 is 5.90. The lowest BCUT2D eigenvalue weighted by atomic mass is 10.1. The van der Waals surface area contributed by atoms with E-state index >= 15 is 0 Å². The predicted molar refractivity (Wildman–Crippen MR) is 84.8 cm³/mol. The fraction of sp³-hybridized carbons (Fsp3) is 0.625. The van der Waals surface area contributed by atoms with Gasteiger partial charge in [0.15, 0.2) is 0 Å². The molecule has 0 amide bonds. The molecule has 1 aliphatic heterocycles. The molecule has 112 valence electrons. The van der Waals surface area contributed by atoms with Gasteiger partial charge in [-0.15, -0.1) is 0 Å². The van der Waals surface area contributed by atoms with E-state index in [1.807, 2.05) is 18.2 Å². The van der Waals surface area contributed by atoms with Gasteiger partial charge in [0.25, 0.3) is 0 Å². The van der Waals surface area contributed by atoms with E-state index in [0.717, 1.165) is 43.4 Å². The van der Waals surface area contributed by atoms with Crippen molar-refractivity contribution in [1.82, 2.24) is 10.2 Å². The second-order valence-electron chi connectivity index (χ2n) is 5.28. The highest BCUT2D eigenvalue weighted by Crippen LogP contribution is 2.30. The molecule has 0 aromatic heterocycles. The van der Waals surface area contributed by atoms with Crippen LogP contribution in [0.15, 0.2) is 18.2 Å². The highest BCUT2D eigenvalue weighted by Gasteiger charge is 2.22. The average Bonchev–Trinajstić information content (AvgIpc) is 2.84. The SMILES string of the molecule is CCN(CC)CCCNCC1Cc2cc(Cl)ccc2O1. The molecule has 0 bridgehead atoms. The zero-order chi connectivity index (χ0) is 14.4. The van der Waals surface area contributed by atoms with Crippen molar-refractivity contribution in [3.8, 4) is 5.75 Å². The van der Waals surface area contributed by atoms with Gasteiger partial charge in [-0.3, -0.25) is 0 Å². The van der Waals surface area contributed by atoms with Crippen molar-refractivity contribution in [3.05, 3.63) is 28.8 Å². The van der Waals surface area contributed by atoms with Crippen molar-refractivity contribution in [2.45, 2.75) is 32.8 Å². The summed E-state index contributed by atoms with van der Waals surface area (Å²) in [4.78, 5) is 2.45. The smallest absolute Gasteiger partial charge is 0.123 e. The number of hydrogen-bond acceptors (Lipinski definition) is 3. The Labute approximate surface area is 127 Å². The fourth-order valence-electron chi connectivity index (χ4n) is 2.63. The van der Waals surface area contributed by atoms with Crippen LogP contribution in [0, 0.1) is 0 Å². The Kier molecular flexibility index (Phi) is 6.14. The second-order valence-corrected chi connectivity index (χ2v) is 5.72. The molecule has 1 aliphatic rings. The molecule has 3 nitrogen and oxygen atoms in total. The first kappa shape index (κ1) is 15.6. The maximum Gasteiger partial charge on any atom is 0.123 e. The van der Waals surface area contributed by atoms with Crippen LogP contribution in [0.4, 0.5) is 0 Å². The molecule has 1 atom stereocenters. The first-order valence-electron chi connectivity index (χ1n) is 7.61. The molecule has 0 aliphatic carbocycles. The van der Waals surface area contributed by atoms with Gasteiger partial charge >= 0.3 is 0 Å². The van der Waals surface area contributed by atoms with Crippen LogP contribution < -0.4 is 10.1 Å². The number of hydrogen-bond donors (Lipinski definition) is 1. The molecule has 0 spiro atoms.